The monoisotopic (exact) mass is 524 g/mol. The van der Waals surface area contributed by atoms with Crippen molar-refractivity contribution < 1.29 is 31.1 Å². The summed E-state index contributed by atoms with van der Waals surface area (Å²) in [4.78, 5) is 11.9. The fourth-order valence-corrected chi connectivity index (χ4v) is 7.02. The summed E-state index contributed by atoms with van der Waals surface area (Å²) in [5, 5.41) is -0.598. The molecule has 0 bridgehead atoms. The molecule has 0 N–H and O–H groups in total. The Morgan fingerprint density at radius 3 is 2.20 bits per heavy atom. The van der Waals surface area contributed by atoms with Crippen LogP contribution in [0.25, 0.3) is 0 Å². The van der Waals surface area contributed by atoms with Crippen LogP contribution in [0.4, 0.5) is 0 Å². The summed E-state index contributed by atoms with van der Waals surface area (Å²) in [6.45, 7) is 3.70. The average molecular weight is 525 g/mol. The zero-order valence-corrected chi connectivity index (χ0v) is 22.0. The molecule has 0 aliphatic carbocycles. The maximum atomic E-state index is 13.8. The van der Waals surface area contributed by atoms with Crippen LogP contribution < -0.4 is 4.74 Å². The number of hydrogen-bond donors (Lipinski definition) is 0. The first-order valence-electron chi connectivity index (χ1n) is 11.3. The minimum absolute atomic E-state index is 0.0239. The van der Waals surface area contributed by atoms with E-state index in [1.807, 2.05) is 0 Å². The summed E-state index contributed by atoms with van der Waals surface area (Å²) in [7, 11) is -4.72. The van der Waals surface area contributed by atoms with Crippen molar-refractivity contribution in [3.63, 3.8) is 0 Å². The third kappa shape index (κ3) is 6.03. The van der Waals surface area contributed by atoms with Crippen LogP contribution in [0.2, 0.25) is 0 Å². The molecule has 0 saturated carbocycles. The van der Waals surface area contributed by atoms with E-state index >= 15 is 0 Å². The van der Waals surface area contributed by atoms with Crippen LogP contribution in [-0.2, 0) is 31.3 Å². The first-order valence-corrected chi connectivity index (χ1v) is 14.3. The molecule has 1 saturated heterocycles. The Morgan fingerprint density at radius 1 is 1.03 bits per heavy atom. The van der Waals surface area contributed by atoms with Gasteiger partial charge in [0.05, 0.1) is 29.9 Å². The number of rotatable bonds is 9. The van der Waals surface area contributed by atoms with Crippen molar-refractivity contribution in [2.45, 2.75) is 49.4 Å². The molecule has 0 radical (unpaired) electrons. The number of benzene rings is 2. The van der Waals surface area contributed by atoms with Crippen molar-refractivity contribution in [2.24, 2.45) is 0 Å². The van der Waals surface area contributed by atoms with Crippen molar-refractivity contribution in [3.05, 3.63) is 59.7 Å². The first kappa shape index (κ1) is 27.1. The molecule has 1 aliphatic heterocycles. The number of piperidine rings is 1. The van der Waals surface area contributed by atoms with Gasteiger partial charge in [-0.1, -0.05) is 12.1 Å². The number of hydrogen-bond acceptors (Lipinski definition) is 7. The smallest absolute Gasteiger partial charge is 0.337 e. The van der Waals surface area contributed by atoms with Gasteiger partial charge in [0.1, 0.15) is 5.75 Å². The SMILES string of the molecule is COC(=O)c1ccc(CN(C2CCCN(S(=O)(=O)C(C)C)C2)S(=O)(=O)c2ccc(OC)cc2)cc1. The minimum atomic E-state index is -3.98. The highest BCUT2D eigenvalue weighted by atomic mass is 32.2. The lowest BCUT2D eigenvalue weighted by Crippen LogP contribution is -2.52. The molecular weight excluding hydrogens is 492 g/mol. The van der Waals surface area contributed by atoms with Crippen molar-refractivity contribution in [1.29, 1.82) is 0 Å². The number of ether oxygens (including phenoxy) is 2. The van der Waals surface area contributed by atoms with Crippen LogP contribution in [0.15, 0.2) is 53.4 Å². The highest BCUT2D eigenvalue weighted by Gasteiger charge is 2.38. The molecule has 35 heavy (non-hydrogen) atoms. The standard InChI is InChI=1S/C24H32N2O7S2/c1-18(2)34(28,29)25-15-5-6-21(17-25)26(16-19-7-9-20(10-8-19)24(27)33-4)35(30,31)23-13-11-22(32-3)12-14-23/h7-14,18,21H,5-6,15-17H2,1-4H3. The number of esters is 1. The molecule has 11 heteroatoms. The normalized spacial score (nSPS) is 17.5. The van der Waals surface area contributed by atoms with Gasteiger partial charge in [0.2, 0.25) is 20.0 Å². The van der Waals surface area contributed by atoms with Gasteiger partial charge < -0.3 is 9.47 Å². The van der Waals surface area contributed by atoms with E-state index in [0.29, 0.717) is 36.3 Å². The van der Waals surface area contributed by atoms with Gasteiger partial charge in [-0.15, -0.1) is 0 Å². The molecule has 2 aromatic rings. The van der Waals surface area contributed by atoms with Gasteiger partial charge in [-0.3, -0.25) is 0 Å². The molecule has 0 amide bonds. The Kier molecular flexibility index (Phi) is 8.58. The summed E-state index contributed by atoms with van der Waals surface area (Å²) in [6, 6.07) is 12.1. The van der Waals surface area contributed by atoms with Gasteiger partial charge in [0, 0.05) is 25.7 Å². The van der Waals surface area contributed by atoms with Gasteiger partial charge in [-0.25, -0.2) is 25.9 Å². The Balaban J connectivity index is 1.98. The van der Waals surface area contributed by atoms with Crippen molar-refractivity contribution in [3.8, 4) is 5.75 Å². The lowest BCUT2D eigenvalue weighted by Gasteiger charge is -2.38. The van der Waals surface area contributed by atoms with Crippen molar-refractivity contribution in [2.75, 3.05) is 27.3 Å². The van der Waals surface area contributed by atoms with Gasteiger partial charge in [-0.05, 0) is 68.7 Å². The minimum Gasteiger partial charge on any atom is -0.497 e. The highest BCUT2D eigenvalue weighted by Crippen LogP contribution is 2.29. The predicted octanol–water partition coefficient (Wildman–Crippen LogP) is 2.88. The lowest BCUT2D eigenvalue weighted by atomic mass is 10.1. The van der Waals surface area contributed by atoms with Crippen LogP contribution in [0, 0.1) is 0 Å². The molecule has 0 spiro atoms. The molecule has 2 aromatic carbocycles. The Morgan fingerprint density at radius 2 is 1.66 bits per heavy atom. The van der Waals surface area contributed by atoms with E-state index in [9.17, 15) is 21.6 Å². The fourth-order valence-electron chi connectivity index (χ4n) is 4.02. The fraction of sp³-hybridized carbons (Fsp3) is 0.458. The molecule has 1 fully saturated rings. The summed E-state index contributed by atoms with van der Waals surface area (Å²) in [6.07, 6.45) is 1.08. The van der Waals surface area contributed by atoms with E-state index in [1.165, 1.54) is 35.0 Å². The summed E-state index contributed by atoms with van der Waals surface area (Å²) in [5.41, 5.74) is 1.02. The van der Waals surface area contributed by atoms with Gasteiger partial charge in [-0.2, -0.15) is 4.31 Å². The van der Waals surface area contributed by atoms with Crippen molar-refractivity contribution >= 4 is 26.0 Å². The summed E-state index contributed by atoms with van der Waals surface area (Å²) >= 11 is 0. The molecule has 1 heterocycles. The lowest BCUT2D eigenvalue weighted by molar-refractivity contribution is 0.0600. The number of carbonyl (C=O) groups is 1. The van der Waals surface area contributed by atoms with Crippen LogP contribution in [0.3, 0.4) is 0 Å². The number of nitrogens with zero attached hydrogens (tertiary/aromatic N) is 2. The highest BCUT2D eigenvalue weighted by molar-refractivity contribution is 7.89. The second-order valence-electron chi connectivity index (χ2n) is 8.66. The zero-order chi connectivity index (χ0) is 25.8. The molecule has 1 unspecified atom stereocenters. The van der Waals surface area contributed by atoms with Crippen LogP contribution in [0.1, 0.15) is 42.6 Å². The van der Waals surface area contributed by atoms with E-state index in [2.05, 4.69) is 0 Å². The van der Waals surface area contributed by atoms with Crippen LogP contribution >= 0.6 is 0 Å². The summed E-state index contributed by atoms with van der Waals surface area (Å²) in [5.74, 6) is 0.0434. The van der Waals surface area contributed by atoms with E-state index in [0.717, 1.165) is 0 Å². The van der Waals surface area contributed by atoms with E-state index in [4.69, 9.17) is 9.47 Å². The second kappa shape index (κ2) is 11.1. The molecule has 1 aliphatic rings. The molecule has 9 nitrogen and oxygen atoms in total. The topological polar surface area (TPSA) is 110 Å². The predicted molar refractivity (Wildman–Crippen MR) is 132 cm³/mol. The molecule has 0 aromatic heterocycles. The third-order valence-corrected chi connectivity index (χ3v) is 10.3. The van der Waals surface area contributed by atoms with Crippen LogP contribution in [-0.4, -0.2) is 70.0 Å². The van der Waals surface area contributed by atoms with Crippen LogP contribution in [0.5, 0.6) is 5.75 Å². The van der Waals surface area contributed by atoms with Gasteiger partial charge in [0.25, 0.3) is 0 Å². The number of carbonyl (C=O) groups excluding carboxylic acids is 1. The van der Waals surface area contributed by atoms with E-state index in [-0.39, 0.29) is 18.0 Å². The third-order valence-electron chi connectivity index (χ3n) is 6.10. The van der Waals surface area contributed by atoms with Crippen molar-refractivity contribution in [1.82, 2.24) is 8.61 Å². The number of methoxy groups -OCH3 is 2. The zero-order valence-electron chi connectivity index (χ0n) is 20.4. The van der Waals surface area contributed by atoms with Gasteiger partial charge in [0.15, 0.2) is 0 Å². The molecular formula is C24H32N2O7S2. The molecule has 3 rings (SSSR count). The maximum Gasteiger partial charge on any atom is 0.337 e. The van der Waals surface area contributed by atoms with E-state index < -0.39 is 37.3 Å². The Labute approximate surface area is 207 Å². The second-order valence-corrected chi connectivity index (χ2v) is 13.0. The first-order chi connectivity index (χ1) is 16.5. The average Bonchev–Trinajstić information content (AvgIpc) is 2.87. The Bertz CT molecular complexity index is 1230. The quantitative estimate of drug-likeness (QED) is 0.464. The Hall–Kier alpha value is -2.47. The maximum absolute atomic E-state index is 13.8. The molecule has 192 valence electrons. The molecule has 1 atom stereocenters. The number of sulfonamides is 2. The summed E-state index contributed by atoms with van der Waals surface area (Å²) < 4.78 is 65.9. The van der Waals surface area contributed by atoms with E-state index in [1.54, 1.807) is 50.2 Å². The largest absolute Gasteiger partial charge is 0.497 e. The van der Waals surface area contributed by atoms with Gasteiger partial charge >= 0.3 is 5.97 Å².